The first kappa shape index (κ1) is 18.8. The summed E-state index contributed by atoms with van der Waals surface area (Å²) in [7, 11) is 0. The Hall–Kier alpha value is -2.57. The summed E-state index contributed by atoms with van der Waals surface area (Å²) in [6.07, 6.45) is 3.91. The van der Waals surface area contributed by atoms with Crippen molar-refractivity contribution in [3.8, 4) is 0 Å². The van der Waals surface area contributed by atoms with E-state index in [0.717, 1.165) is 12.8 Å². The van der Waals surface area contributed by atoms with Gasteiger partial charge < -0.3 is 20.2 Å². The van der Waals surface area contributed by atoms with Crippen LogP contribution in [0.25, 0.3) is 0 Å². The highest BCUT2D eigenvalue weighted by molar-refractivity contribution is 5.94. The normalized spacial score (nSPS) is 27.5. The summed E-state index contributed by atoms with van der Waals surface area (Å²) >= 11 is 0. The van der Waals surface area contributed by atoms with Crippen LogP contribution < -0.4 is 5.32 Å². The average Bonchev–Trinajstić information content (AvgIpc) is 3.27. The van der Waals surface area contributed by atoms with Gasteiger partial charge in [0.1, 0.15) is 0 Å². The molecule has 1 aliphatic carbocycles. The van der Waals surface area contributed by atoms with E-state index in [4.69, 9.17) is 0 Å². The van der Waals surface area contributed by atoms with Gasteiger partial charge in [0.05, 0.1) is 5.41 Å². The molecule has 0 spiro atoms. The Morgan fingerprint density at radius 3 is 2.39 bits per heavy atom. The zero-order valence-corrected chi connectivity index (χ0v) is 16.0. The smallest absolute Gasteiger partial charge is 0.317 e. The van der Waals surface area contributed by atoms with Crippen LogP contribution in [0.1, 0.15) is 42.5 Å². The van der Waals surface area contributed by atoms with E-state index in [-0.39, 0.29) is 23.9 Å². The number of hydrogen-bond donors (Lipinski definition) is 2. The van der Waals surface area contributed by atoms with Gasteiger partial charge in [-0.3, -0.25) is 9.59 Å². The van der Waals surface area contributed by atoms with E-state index in [9.17, 15) is 19.5 Å². The summed E-state index contributed by atoms with van der Waals surface area (Å²) < 4.78 is 0. The van der Waals surface area contributed by atoms with Crippen molar-refractivity contribution in [1.82, 2.24) is 15.1 Å². The van der Waals surface area contributed by atoms with Crippen molar-refractivity contribution in [3.63, 3.8) is 0 Å². The number of hydrogen-bond acceptors (Lipinski definition) is 3. The Morgan fingerprint density at radius 2 is 1.75 bits per heavy atom. The molecule has 3 amide bonds. The number of likely N-dealkylation sites (tertiary alicyclic amines) is 2. The molecule has 2 atom stereocenters. The van der Waals surface area contributed by atoms with E-state index >= 15 is 0 Å². The number of nitrogens with zero attached hydrogens (tertiary/aromatic N) is 2. The number of carbonyl (C=O) groups is 3. The molecule has 3 aliphatic rings. The van der Waals surface area contributed by atoms with Crippen molar-refractivity contribution in [1.29, 1.82) is 0 Å². The van der Waals surface area contributed by atoms with E-state index in [1.807, 2.05) is 35.2 Å². The first-order chi connectivity index (χ1) is 13.5. The van der Waals surface area contributed by atoms with Gasteiger partial charge in [0.25, 0.3) is 5.91 Å². The van der Waals surface area contributed by atoms with Crippen molar-refractivity contribution in [3.05, 3.63) is 35.9 Å². The van der Waals surface area contributed by atoms with Crippen LogP contribution in [0.5, 0.6) is 0 Å². The van der Waals surface area contributed by atoms with E-state index in [1.165, 1.54) is 0 Å². The molecule has 2 aliphatic heterocycles. The number of aliphatic carboxylic acids is 1. The molecule has 0 radical (unpaired) electrons. The average molecular weight is 385 g/mol. The van der Waals surface area contributed by atoms with Crippen LogP contribution in [0.15, 0.2) is 30.3 Å². The number of carboxylic acid groups (broad SMARTS) is 1. The number of nitrogens with one attached hydrogen (secondary N) is 1. The number of carbonyl (C=O) groups excluding carboxylic acids is 2. The van der Waals surface area contributed by atoms with Crippen LogP contribution in [0.3, 0.4) is 0 Å². The minimum atomic E-state index is -0.766. The van der Waals surface area contributed by atoms with Crippen LogP contribution >= 0.6 is 0 Å². The Balaban J connectivity index is 1.29. The lowest BCUT2D eigenvalue weighted by Gasteiger charge is -2.33. The highest BCUT2D eigenvalue weighted by Gasteiger charge is 2.55. The Bertz CT molecular complexity index is 760. The van der Waals surface area contributed by atoms with Crippen molar-refractivity contribution in [2.45, 2.75) is 38.1 Å². The summed E-state index contributed by atoms with van der Waals surface area (Å²) in [5.74, 6) is -0.666. The molecule has 7 heteroatoms. The maximum Gasteiger partial charge on any atom is 0.317 e. The molecule has 0 aromatic heterocycles. The van der Waals surface area contributed by atoms with E-state index < -0.39 is 11.4 Å². The summed E-state index contributed by atoms with van der Waals surface area (Å²) in [6, 6.07) is 9.10. The van der Waals surface area contributed by atoms with Crippen LogP contribution in [-0.2, 0) is 4.79 Å². The number of piperidine rings is 1. The summed E-state index contributed by atoms with van der Waals surface area (Å²) in [6.45, 7) is 2.06. The molecule has 7 nitrogen and oxygen atoms in total. The van der Waals surface area contributed by atoms with Crippen molar-refractivity contribution >= 4 is 17.9 Å². The lowest BCUT2D eigenvalue weighted by molar-refractivity contribution is -0.149. The van der Waals surface area contributed by atoms with Gasteiger partial charge in [-0.15, -0.1) is 0 Å². The Kier molecular flexibility index (Phi) is 5.00. The predicted octanol–water partition coefficient (Wildman–Crippen LogP) is 2.19. The SMILES string of the molecule is O=C(NC1CCN(C(=O)c2ccccc2)CC1)N1C[C@@H]2CCC[C@@]2(C(=O)O)C1. The Morgan fingerprint density at radius 1 is 1.04 bits per heavy atom. The lowest BCUT2D eigenvalue weighted by Crippen LogP contribution is -2.50. The van der Waals surface area contributed by atoms with E-state index in [1.54, 1.807) is 4.90 Å². The molecule has 150 valence electrons. The number of amides is 3. The standard InChI is InChI=1S/C21H27N3O4/c25-18(15-5-2-1-3-6-15)23-11-8-17(9-12-23)22-20(28)24-13-16-7-4-10-21(16,14-24)19(26)27/h1-3,5-6,16-17H,4,7-14H2,(H,22,28)(H,26,27)/t16-,21+/m0/s1. The van der Waals surface area contributed by atoms with Gasteiger partial charge in [0.2, 0.25) is 0 Å². The molecule has 1 saturated carbocycles. The second-order valence-electron chi connectivity index (χ2n) is 8.31. The highest BCUT2D eigenvalue weighted by Crippen LogP contribution is 2.48. The van der Waals surface area contributed by atoms with E-state index in [2.05, 4.69) is 5.32 Å². The third-order valence-corrected chi connectivity index (χ3v) is 6.71. The van der Waals surface area contributed by atoms with Gasteiger partial charge in [-0.25, -0.2) is 4.79 Å². The first-order valence-corrected chi connectivity index (χ1v) is 10.1. The third kappa shape index (κ3) is 3.34. The maximum absolute atomic E-state index is 12.7. The predicted molar refractivity (Wildman–Crippen MR) is 103 cm³/mol. The second kappa shape index (κ2) is 7.45. The summed E-state index contributed by atoms with van der Waals surface area (Å²) in [4.78, 5) is 40.5. The minimum Gasteiger partial charge on any atom is -0.481 e. The molecule has 2 saturated heterocycles. The second-order valence-corrected chi connectivity index (χ2v) is 8.31. The molecular formula is C21H27N3O4. The third-order valence-electron chi connectivity index (χ3n) is 6.71. The summed E-state index contributed by atoms with van der Waals surface area (Å²) in [5.41, 5.74) is -0.0597. The fourth-order valence-corrected chi connectivity index (χ4v) is 5.05. The molecular weight excluding hydrogens is 358 g/mol. The fourth-order valence-electron chi connectivity index (χ4n) is 5.05. The monoisotopic (exact) mass is 385 g/mol. The summed E-state index contributed by atoms with van der Waals surface area (Å²) in [5, 5.41) is 12.7. The first-order valence-electron chi connectivity index (χ1n) is 10.1. The highest BCUT2D eigenvalue weighted by atomic mass is 16.4. The number of benzene rings is 1. The minimum absolute atomic E-state index is 0.0218. The topological polar surface area (TPSA) is 90.0 Å². The van der Waals surface area contributed by atoms with E-state index in [0.29, 0.717) is 51.0 Å². The maximum atomic E-state index is 12.7. The molecule has 4 rings (SSSR count). The van der Waals surface area contributed by atoms with Gasteiger partial charge in [-0.1, -0.05) is 24.6 Å². The molecule has 0 unspecified atom stereocenters. The van der Waals surface area contributed by atoms with Crippen molar-refractivity contribution in [2.75, 3.05) is 26.2 Å². The fraction of sp³-hybridized carbons (Fsp3) is 0.571. The molecule has 28 heavy (non-hydrogen) atoms. The number of urea groups is 1. The molecule has 3 fully saturated rings. The van der Waals surface area contributed by atoms with Crippen LogP contribution in [-0.4, -0.2) is 65.0 Å². The van der Waals surface area contributed by atoms with Gasteiger partial charge in [-0.2, -0.15) is 0 Å². The van der Waals surface area contributed by atoms with Gasteiger partial charge in [0, 0.05) is 37.8 Å². The van der Waals surface area contributed by atoms with Crippen molar-refractivity contribution in [2.24, 2.45) is 11.3 Å². The van der Waals surface area contributed by atoms with Gasteiger partial charge >= 0.3 is 12.0 Å². The molecule has 1 aromatic rings. The molecule has 2 N–H and O–H groups in total. The molecule has 1 aromatic carbocycles. The number of fused-ring (bicyclic) bond motifs is 1. The zero-order valence-electron chi connectivity index (χ0n) is 16.0. The van der Waals surface area contributed by atoms with Gasteiger partial charge in [0.15, 0.2) is 0 Å². The van der Waals surface area contributed by atoms with Crippen molar-refractivity contribution < 1.29 is 19.5 Å². The Labute approximate surface area is 164 Å². The number of rotatable bonds is 3. The zero-order chi connectivity index (χ0) is 19.7. The van der Waals surface area contributed by atoms with Crippen LogP contribution in [0.2, 0.25) is 0 Å². The lowest BCUT2D eigenvalue weighted by atomic mass is 9.81. The van der Waals surface area contributed by atoms with Crippen LogP contribution in [0.4, 0.5) is 4.79 Å². The van der Waals surface area contributed by atoms with Gasteiger partial charge in [-0.05, 0) is 43.7 Å². The largest absolute Gasteiger partial charge is 0.481 e. The molecule has 2 heterocycles. The van der Waals surface area contributed by atoms with Crippen LogP contribution in [0, 0.1) is 11.3 Å². The molecule has 0 bridgehead atoms. The quantitative estimate of drug-likeness (QED) is 0.835. The number of carboxylic acids is 1.